The Kier molecular flexibility index (Phi) is 4.87. The van der Waals surface area contributed by atoms with E-state index in [9.17, 15) is 13.8 Å². The van der Waals surface area contributed by atoms with E-state index in [1.54, 1.807) is 6.07 Å². The van der Waals surface area contributed by atoms with Crippen molar-refractivity contribution in [2.45, 2.75) is 17.1 Å². The predicted octanol–water partition coefficient (Wildman–Crippen LogP) is -0.0316. The molecule has 3 amide bonds. The van der Waals surface area contributed by atoms with Crippen molar-refractivity contribution < 1.29 is 18.5 Å². The van der Waals surface area contributed by atoms with Crippen LogP contribution in [0.15, 0.2) is 23.1 Å². The SMILES string of the molecule is COc1ccc(N)c(S(=O)C(C)C(=O)NC(N)=O)c1. The number of methoxy groups -OCH3 is 1. The Morgan fingerprint density at radius 3 is 2.58 bits per heavy atom. The molecule has 0 aliphatic carbocycles. The van der Waals surface area contributed by atoms with Crippen molar-refractivity contribution in [1.82, 2.24) is 5.32 Å². The van der Waals surface area contributed by atoms with Crippen LogP contribution in [0, 0.1) is 0 Å². The third-order valence-electron chi connectivity index (χ3n) is 2.37. The lowest BCUT2D eigenvalue weighted by atomic mass is 10.3. The number of hydrogen-bond acceptors (Lipinski definition) is 5. The summed E-state index contributed by atoms with van der Waals surface area (Å²) in [6, 6.07) is 3.64. The molecule has 7 nitrogen and oxygen atoms in total. The first-order chi connectivity index (χ1) is 8.86. The molecule has 0 radical (unpaired) electrons. The molecule has 0 heterocycles. The van der Waals surface area contributed by atoms with Gasteiger partial charge in [-0.2, -0.15) is 0 Å². The maximum atomic E-state index is 12.2. The van der Waals surface area contributed by atoms with E-state index in [0.29, 0.717) is 5.75 Å². The summed E-state index contributed by atoms with van der Waals surface area (Å²) in [5, 5.41) is 0.906. The molecule has 8 heteroatoms. The van der Waals surface area contributed by atoms with Gasteiger partial charge in [0.15, 0.2) is 0 Å². The van der Waals surface area contributed by atoms with Crippen molar-refractivity contribution in [2.24, 2.45) is 5.73 Å². The number of nitrogens with two attached hydrogens (primary N) is 2. The van der Waals surface area contributed by atoms with E-state index in [-0.39, 0.29) is 10.6 Å². The largest absolute Gasteiger partial charge is 0.497 e. The lowest BCUT2D eigenvalue weighted by molar-refractivity contribution is -0.119. The fraction of sp³-hybridized carbons (Fsp3) is 0.273. The summed E-state index contributed by atoms with van der Waals surface area (Å²) in [6.07, 6.45) is 0. The Labute approximate surface area is 112 Å². The van der Waals surface area contributed by atoms with Crippen LogP contribution in [0.1, 0.15) is 6.92 Å². The molecule has 0 spiro atoms. The van der Waals surface area contributed by atoms with Crippen LogP contribution in [0.25, 0.3) is 0 Å². The number of nitrogens with one attached hydrogen (secondary N) is 1. The highest BCUT2D eigenvalue weighted by atomic mass is 32.2. The van der Waals surface area contributed by atoms with Crippen LogP contribution in [0.3, 0.4) is 0 Å². The highest BCUT2D eigenvalue weighted by Gasteiger charge is 2.24. The van der Waals surface area contributed by atoms with Crippen molar-refractivity contribution in [3.05, 3.63) is 18.2 Å². The third kappa shape index (κ3) is 3.68. The Hall–Kier alpha value is -2.09. The molecular weight excluding hydrogens is 270 g/mol. The quantitative estimate of drug-likeness (QED) is 0.670. The van der Waals surface area contributed by atoms with Crippen LogP contribution in [0.2, 0.25) is 0 Å². The molecule has 19 heavy (non-hydrogen) atoms. The van der Waals surface area contributed by atoms with Crippen LogP contribution in [0.4, 0.5) is 10.5 Å². The first-order valence-corrected chi connectivity index (χ1v) is 6.52. The Balaban J connectivity index is 2.99. The second-order valence-corrected chi connectivity index (χ2v) is 5.44. The van der Waals surface area contributed by atoms with Gasteiger partial charge in [0, 0.05) is 5.69 Å². The number of urea groups is 1. The average Bonchev–Trinajstić information content (AvgIpc) is 2.36. The summed E-state index contributed by atoms with van der Waals surface area (Å²) in [4.78, 5) is 22.4. The van der Waals surface area contributed by atoms with E-state index in [1.165, 1.54) is 26.2 Å². The number of amides is 3. The number of benzene rings is 1. The lowest BCUT2D eigenvalue weighted by Gasteiger charge is -2.13. The predicted molar refractivity (Wildman–Crippen MR) is 71.0 cm³/mol. The van der Waals surface area contributed by atoms with Gasteiger partial charge in [-0.1, -0.05) is 0 Å². The molecule has 1 aromatic rings. The maximum Gasteiger partial charge on any atom is 0.318 e. The highest BCUT2D eigenvalue weighted by molar-refractivity contribution is 7.86. The van der Waals surface area contributed by atoms with Crippen molar-refractivity contribution >= 4 is 28.4 Å². The summed E-state index contributed by atoms with van der Waals surface area (Å²) in [7, 11) is -0.263. The zero-order valence-corrected chi connectivity index (χ0v) is 11.3. The van der Waals surface area contributed by atoms with Crippen LogP contribution in [-0.4, -0.2) is 28.5 Å². The van der Waals surface area contributed by atoms with Gasteiger partial charge in [-0.15, -0.1) is 0 Å². The van der Waals surface area contributed by atoms with Gasteiger partial charge in [-0.05, 0) is 25.1 Å². The minimum Gasteiger partial charge on any atom is -0.497 e. The van der Waals surface area contributed by atoms with Gasteiger partial charge in [0.05, 0.1) is 22.8 Å². The van der Waals surface area contributed by atoms with Gasteiger partial charge in [-0.25, -0.2) is 4.79 Å². The number of hydrogen-bond donors (Lipinski definition) is 3. The average molecular weight is 285 g/mol. The van der Waals surface area contributed by atoms with Crippen molar-refractivity contribution in [1.29, 1.82) is 0 Å². The topological polar surface area (TPSA) is 125 Å². The zero-order valence-electron chi connectivity index (χ0n) is 10.5. The fourth-order valence-corrected chi connectivity index (χ4v) is 2.49. The smallest absolute Gasteiger partial charge is 0.318 e. The number of nitrogen functional groups attached to an aromatic ring is 1. The fourth-order valence-electron chi connectivity index (χ4n) is 1.33. The number of rotatable bonds is 4. The summed E-state index contributed by atoms with van der Waals surface area (Å²) in [5.74, 6) is -0.256. The molecule has 0 saturated heterocycles. The molecule has 0 aliphatic rings. The van der Waals surface area contributed by atoms with Gasteiger partial charge < -0.3 is 16.2 Å². The Morgan fingerprint density at radius 1 is 1.42 bits per heavy atom. The molecule has 1 rings (SSSR count). The van der Waals surface area contributed by atoms with Gasteiger partial charge in [0.1, 0.15) is 11.0 Å². The molecule has 0 aromatic heterocycles. The van der Waals surface area contributed by atoms with Crippen LogP contribution in [-0.2, 0) is 15.6 Å². The van der Waals surface area contributed by atoms with Crippen LogP contribution >= 0.6 is 0 Å². The number of carbonyl (C=O) groups is 2. The minimum atomic E-state index is -1.72. The lowest BCUT2D eigenvalue weighted by Crippen LogP contribution is -2.42. The molecule has 0 aliphatic heterocycles. The standard InChI is InChI=1S/C11H15N3O4S/c1-6(10(15)14-11(13)16)19(17)9-5-7(18-2)3-4-8(9)12/h3-6H,12H2,1-2H3,(H3,13,14,15,16). The number of carbonyl (C=O) groups excluding carboxylic acids is 2. The molecule has 0 bridgehead atoms. The van der Waals surface area contributed by atoms with Crippen molar-refractivity contribution in [3.63, 3.8) is 0 Å². The maximum absolute atomic E-state index is 12.2. The monoisotopic (exact) mass is 285 g/mol. The molecular formula is C11H15N3O4S. The van der Waals surface area contributed by atoms with Crippen molar-refractivity contribution in [2.75, 3.05) is 12.8 Å². The molecule has 2 atom stereocenters. The number of imide groups is 1. The Bertz CT molecular complexity index is 533. The second-order valence-electron chi connectivity index (χ2n) is 3.70. The highest BCUT2D eigenvalue weighted by Crippen LogP contribution is 2.24. The van der Waals surface area contributed by atoms with Gasteiger partial charge in [0.2, 0.25) is 5.91 Å². The van der Waals surface area contributed by atoms with E-state index in [0.717, 1.165) is 0 Å². The molecule has 5 N–H and O–H groups in total. The number of primary amides is 1. The summed E-state index contributed by atoms with van der Waals surface area (Å²) >= 11 is 0. The van der Waals surface area contributed by atoms with E-state index < -0.39 is 28.0 Å². The minimum absolute atomic E-state index is 0.270. The zero-order chi connectivity index (χ0) is 14.6. The molecule has 1 aromatic carbocycles. The van der Waals surface area contributed by atoms with E-state index in [2.05, 4.69) is 0 Å². The molecule has 2 unspecified atom stereocenters. The normalized spacial score (nSPS) is 13.4. The van der Waals surface area contributed by atoms with Gasteiger partial charge in [-0.3, -0.25) is 14.3 Å². The summed E-state index contributed by atoms with van der Waals surface area (Å²) in [5.41, 5.74) is 10.8. The third-order valence-corrected chi connectivity index (χ3v) is 4.02. The van der Waals surface area contributed by atoms with Gasteiger partial charge in [0.25, 0.3) is 0 Å². The number of anilines is 1. The summed E-state index contributed by atoms with van der Waals surface area (Å²) < 4.78 is 17.2. The van der Waals surface area contributed by atoms with E-state index in [1.807, 2.05) is 5.32 Å². The van der Waals surface area contributed by atoms with E-state index >= 15 is 0 Å². The molecule has 0 fully saturated rings. The first kappa shape index (κ1) is 15.0. The van der Waals surface area contributed by atoms with Gasteiger partial charge >= 0.3 is 6.03 Å². The Morgan fingerprint density at radius 2 is 2.05 bits per heavy atom. The number of ether oxygens (including phenoxy) is 1. The summed E-state index contributed by atoms with van der Waals surface area (Å²) in [6.45, 7) is 1.41. The van der Waals surface area contributed by atoms with Crippen molar-refractivity contribution in [3.8, 4) is 5.75 Å². The molecule has 0 saturated carbocycles. The van der Waals surface area contributed by atoms with E-state index in [4.69, 9.17) is 16.2 Å². The second kappa shape index (κ2) is 6.19. The van der Waals surface area contributed by atoms with Crippen LogP contribution in [0.5, 0.6) is 5.75 Å². The first-order valence-electron chi connectivity index (χ1n) is 5.31. The molecule has 104 valence electrons. The van der Waals surface area contributed by atoms with Crippen LogP contribution < -0.4 is 21.5 Å².